The number of rotatable bonds is 2. The van der Waals surface area contributed by atoms with Crippen LogP contribution in [0.3, 0.4) is 0 Å². The quantitative estimate of drug-likeness (QED) is 0.586. The average molecular weight is 354 g/mol. The molecule has 0 aromatic heterocycles. The lowest BCUT2D eigenvalue weighted by atomic mass is 9.83. The van der Waals surface area contributed by atoms with Gasteiger partial charge in [0.25, 0.3) is 0 Å². The molecule has 7 heteroatoms. The fourth-order valence-electron chi connectivity index (χ4n) is 3.01. The van der Waals surface area contributed by atoms with Gasteiger partial charge in [-0.3, -0.25) is 0 Å². The first-order chi connectivity index (χ1) is 11.8. The lowest BCUT2D eigenvalue weighted by molar-refractivity contribution is -0.137. The van der Waals surface area contributed by atoms with Crippen LogP contribution in [0.4, 0.5) is 17.6 Å². The third-order valence-electron chi connectivity index (χ3n) is 4.17. The minimum atomic E-state index is -4.54. The highest BCUT2D eigenvalue weighted by molar-refractivity contribution is 5.91. The molecule has 1 atom stereocenters. The summed E-state index contributed by atoms with van der Waals surface area (Å²) < 4.78 is 62.8. The van der Waals surface area contributed by atoms with E-state index in [4.69, 9.17) is 4.74 Å². The summed E-state index contributed by atoms with van der Waals surface area (Å²) in [4.78, 5) is 12.0. The van der Waals surface area contributed by atoms with Crippen molar-refractivity contribution >= 4 is 5.97 Å². The molecule has 1 aliphatic heterocycles. The third-order valence-corrected chi connectivity index (χ3v) is 4.17. The maximum Gasteiger partial charge on any atom is 0.416 e. The molecule has 2 aromatic rings. The zero-order valence-corrected chi connectivity index (χ0v) is 13.2. The smallest absolute Gasteiger partial charge is 0.416 e. The van der Waals surface area contributed by atoms with E-state index in [-0.39, 0.29) is 23.5 Å². The Morgan fingerprint density at radius 1 is 1.16 bits per heavy atom. The average Bonchev–Trinajstić information content (AvgIpc) is 2.59. The van der Waals surface area contributed by atoms with E-state index in [0.29, 0.717) is 12.0 Å². The van der Waals surface area contributed by atoms with Gasteiger partial charge in [0, 0.05) is 17.5 Å². The number of methoxy groups -OCH3 is 1. The molecule has 1 unspecified atom stereocenters. The molecule has 0 N–H and O–H groups in total. The minimum absolute atomic E-state index is 0.0534. The number of hydrogen-bond donors (Lipinski definition) is 0. The van der Waals surface area contributed by atoms with Crippen LogP contribution in [0.2, 0.25) is 0 Å². The number of carbonyl (C=O) groups is 1. The molecule has 0 amide bonds. The summed E-state index contributed by atoms with van der Waals surface area (Å²) in [6.07, 6.45) is -4.18. The lowest BCUT2D eigenvalue weighted by Gasteiger charge is -2.28. The molecule has 0 saturated heterocycles. The first kappa shape index (κ1) is 17.3. The molecule has 25 heavy (non-hydrogen) atoms. The Kier molecular flexibility index (Phi) is 4.41. The number of fused-ring (bicyclic) bond motifs is 1. The Balaban J connectivity index is 2.17. The van der Waals surface area contributed by atoms with Crippen LogP contribution in [0.1, 0.15) is 39.4 Å². The maximum atomic E-state index is 13.4. The van der Waals surface area contributed by atoms with Crippen molar-refractivity contribution in [2.24, 2.45) is 0 Å². The molecule has 3 nitrogen and oxygen atoms in total. The molecule has 3 rings (SSSR count). The summed E-state index contributed by atoms with van der Waals surface area (Å²) in [5.74, 6) is -1.49. The van der Waals surface area contributed by atoms with Gasteiger partial charge in [0.2, 0.25) is 0 Å². The normalized spacial score (nSPS) is 16.8. The number of carbonyl (C=O) groups excluding carboxylic acids is 1. The van der Waals surface area contributed by atoms with Crippen LogP contribution in [-0.2, 0) is 10.9 Å². The Morgan fingerprint density at radius 2 is 1.92 bits per heavy atom. The van der Waals surface area contributed by atoms with E-state index >= 15 is 0 Å². The summed E-state index contributed by atoms with van der Waals surface area (Å²) in [5.41, 5.74) is -0.0713. The van der Waals surface area contributed by atoms with Gasteiger partial charge in [0.15, 0.2) is 0 Å². The molecule has 0 aliphatic carbocycles. The van der Waals surface area contributed by atoms with Crippen molar-refractivity contribution < 1.29 is 31.8 Å². The van der Waals surface area contributed by atoms with E-state index < -0.39 is 29.4 Å². The fraction of sp³-hybridized carbons (Fsp3) is 0.278. The Labute approximate surface area is 141 Å². The van der Waals surface area contributed by atoms with E-state index in [9.17, 15) is 22.4 Å². The zero-order valence-electron chi connectivity index (χ0n) is 13.2. The van der Waals surface area contributed by atoms with Crippen molar-refractivity contribution in [1.82, 2.24) is 0 Å². The van der Waals surface area contributed by atoms with Crippen LogP contribution in [-0.4, -0.2) is 19.7 Å². The predicted molar refractivity (Wildman–Crippen MR) is 81.1 cm³/mol. The highest BCUT2D eigenvalue weighted by Gasteiger charge is 2.34. The highest BCUT2D eigenvalue weighted by Crippen LogP contribution is 2.41. The molecule has 2 aromatic carbocycles. The number of halogens is 4. The predicted octanol–water partition coefficient (Wildman–Crippen LogP) is 4.55. The monoisotopic (exact) mass is 354 g/mol. The van der Waals surface area contributed by atoms with Crippen LogP contribution < -0.4 is 4.74 Å². The standard InChI is InChI=1S/C18H14F4O3/c1-24-17(23)14-4-2-10(18(20,21)22)8-15(14)12-6-7-25-16-9-11(19)3-5-13(12)16/h2-5,8-9,12H,6-7H2,1H3. The molecule has 1 aliphatic rings. The molecule has 0 spiro atoms. The van der Waals surface area contributed by atoms with Gasteiger partial charge in [0.1, 0.15) is 11.6 Å². The minimum Gasteiger partial charge on any atom is -0.493 e. The number of ether oxygens (including phenoxy) is 2. The van der Waals surface area contributed by atoms with Gasteiger partial charge in [0.05, 0.1) is 24.8 Å². The van der Waals surface area contributed by atoms with E-state index in [1.165, 1.54) is 18.2 Å². The van der Waals surface area contributed by atoms with Crippen LogP contribution in [0.15, 0.2) is 36.4 Å². The van der Waals surface area contributed by atoms with E-state index in [2.05, 4.69) is 4.74 Å². The van der Waals surface area contributed by atoms with E-state index in [0.717, 1.165) is 25.3 Å². The van der Waals surface area contributed by atoms with E-state index in [1.807, 2.05) is 0 Å². The first-order valence-electron chi connectivity index (χ1n) is 7.53. The second kappa shape index (κ2) is 6.38. The first-order valence-corrected chi connectivity index (χ1v) is 7.53. The van der Waals surface area contributed by atoms with Crippen molar-refractivity contribution in [2.75, 3.05) is 13.7 Å². The van der Waals surface area contributed by atoms with Crippen LogP contribution in [0, 0.1) is 5.82 Å². The SMILES string of the molecule is COC(=O)c1ccc(C(F)(F)F)cc1C1CCOc2cc(F)ccc21. The maximum absolute atomic E-state index is 13.4. The van der Waals surface area contributed by atoms with Crippen molar-refractivity contribution in [3.63, 3.8) is 0 Å². The van der Waals surface area contributed by atoms with Crippen molar-refractivity contribution in [3.8, 4) is 5.75 Å². The zero-order chi connectivity index (χ0) is 18.2. The summed E-state index contributed by atoms with van der Waals surface area (Å²) in [7, 11) is 1.16. The van der Waals surface area contributed by atoms with Crippen molar-refractivity contribution in [3.05, 3.63) is 64.5 Å². The molecule has 132 valence electrons. The van der Waals surface area contributed by atoms with Crippen molar-refractivity contribution in [1.29, 1.82) is 0 Å². The van der Waals surface area contributed by atoms with E-state index in [1.54, 1.807) is 0 Å². The van der Waals surface area contributed by atoms with Crippen LogP contribution >= 0.6 is 0 Å². The summed E-state index contributed by atoms with van der Waals surface area (Å²) in [5, 5.41) is 0. The van der Waals surface area contributed by atoms with Gasteiger partial charge in [-0.25, -0.2) is 9.18 Å². The number of hydrogen-bond acceptors (Lipinski definition) is 3. The van der Waals surface area contributed by atoms with Gasteiger partial charge in [-0.15, -0.1) is 0 Å². The Hall–Kier alpha value is -2.57. The Bertz CT molecular complexity index is 814. The lowest BCUT2D eigenvalue weighted by Crippen LogP contribution is -2.19. The second-order valence-corrected chi connectivity index (χ2v) is 5.66. The van der Waals surface area contributed by atoms with Gasteiger partial charge in [-0.2, -0.15) is 13.2 Å². The molecule has 0 radical (unpaired) electrons. The van der Waals surface area contributed by atoms with Gasteiger partial charge in [-0.1, -0.05) is 6.07 Å². The molecule has 0 saturated carbocycles. The van der Waals surface area contributed by atoms with Crippen molar-refractivity contribution in [2.45, 2.75) is 18.5 Å². The largest absolute Gasteiger partial charge is 0.493 e. The number of alkyl halides is 3. The topological polar surface area (TPSA) is 35.5 Å². The molecule has 0 fully saturated rings. The molecular weight excluding hydrogens is 340 g/mol. The number of esters is 1. The fourth-order valence-corrected chi connectivity index (χ4v) is 3.01. The summed E-state index contributed by atoms with van der Waals surface area (Å²) in [6, 6.07) is 6.79. The summed E-state index contributed by atoms with van der Waals surface area (Å²) in [6.45, 7) is 0.206. The van der Waals surface area contributed by atoms with Crippen LogP contribution in [0.5, 0.6) is 5.75 Å². The molecular formula is C18H14F4O3. The van der Waals surface area contributed by atoms with Crippen LogP contribution in [0.25, 0.3) is 0 Å². The second-order valence-electron chi connectivity index (χ2n) is 5.66. The molecule has 0 bridgehead atoms. The highest BCUT2D eigenvalue weighted by atomic mass is 19.4. The van der Waals surface area contributed by atoms with Gasteiger partial charge >= 0.3 is 12.1 Å². The Morgan fingerprint density at radius 3 is 2.60 bits per heavy atom. The van der Waals surface area contributed by atoms with Gasteiger partial charge in [-0.05, 0) is 36.2 Å². The third kappa shape index (κ3) is 3.31. The number of benzene rings is 2. The molecule has 1 heterocycles. The summed E-state index contributed by atoms with van der Waals surface area (Å²) >= 11 is 0. The van der Waals surface area contributed by atoms with Gasteiger partial charge < -0.3 is 9.47 Å².